The molecule has 1 heterocycles. The Kier molecular flexibility index (Phi) is 6.89. The van der Waals surface area contributed by atoms with Crippen molar-refractivity contribution in [2.24, 2.45) is 0 Å². The summed E-state index contributed by atoms with van der Waals surface area (Å²) in [6.45, 7) is 3.42. The number of aldehydes is 1. The van der Waals surface area contributed by atoms with Gasteiger partial charge in [-0.3, -0.25) is 19.2 Å². The fourth-order valence-corrected chi connectivity index (χ4v) is 2.57. The van der Waals surface area contributed by atoms with Gasteiger partial charge in [-0.15, -0.1) is 0 Å². The molecule has 146 valence electrons. The molecule has 0 amide bonds. The molecule has 1 aromatic carbocycles. The summed E-state index contributed by atoms with van der Waals surface area (Å²) in [7, 11) is 0. The molecule has 0 unspecified atom stereocenters. The third-order valence-electron chi connectivity index (χ3n) is 3.57. The molecular weight excluding hydrogens is 360 g/mol. The zero-order valence-corrected chi connectivity index (χ0v) is 15.1. The number of carbonyl (C=O) groups is 4. The van der Waals surface area contributed by atoms with E-state index in [2.05, 4.69) is 0 Å². The number of hydrogen-bond donors (Lipinski definition) is 0. The average Bonchev–Trinajstić information content (AvgIpc) is 2.59. The molecule has 0 N–H and O–H groups in total. The predicted molar refractivity (Wildman–Crippen MR) is 88.9 cm³/mol. The fourth-order valence-electron chi connectivity index (χ4n) is 2.57. The minimum absolute atomic E-state index is 0.133. The maximum Gasteiger partial charge on any atom is 0.303 e. The van der Waals surface area contributed by atoms with Gasteiger partial charge < -0.3 is 23.7 Å². The molecule has 0 aromatic heterocycles. The minimum atomic E-state index is -1.17. The van der Waals surface area contributed by atoms with Gasteiger partial charge in [0.1, 0.15) is 12.0 Å². The second-order valence-electron chi connectivity index (χ2n) is 5.80. The summed E-state index contributed by atoms with van der Waals surface area (Å²) in [5.41, 5.74) is 0.455. The Morgan fingerprint density at radius 3 is 2.00 bits per heavy atom. The lowest BCUT2D eigenvalue weighted by Crippen LogP contribution is -2.59. The van der Waals surface area contributed by atoms with Gasteiger partial charge in [-0.1, -0.05) is 0 Å². The van der Waals surface area contributed by atoms with E-state index in [4.69, 9.17) is 23.7 Å². The second-order valence-corrected chi connectivity index (χ2v) is 5.80. The molecule has 0 bridgehead atoms. The Morgan fingerprint density at radius 1 is 0.926 bits per heavy atom. The molecule has 1 saturated heterocycles. The van der Waals surface area contributed by atoms with Crippen molar-refractivity contribution in [2.75, 3.05) is 6.61 Å². The van der Waals surface area contributed by atoms with E-state index in [1.807, 2.05) is 0 Å². The van der Waals surface area contributed by atoms with E-state index < -0.39 is 42.5 Å². The Balaban J connectivity index is 2.25. The smallest absolute Gasteiger partial charge is 0.303 e. The largest absolute Gasteiger partial charge is 0.461 e. The molecular formula is C18H20O9. The van der Waals surface area contributed by atoms with Gasteiger partial charge in [0.05, 0.1) is 6.61 Å². The molecule has 0 radical (unpaired) electrons. The molecule has 9 nitrogen and oxygen atoms in total. The van der Waals surface area contributed by atoms with Crippen LogP contribution in [0.1, 0.15) is 31.1 Å². The molecule has 1 fully saturated rings. The van der Waals surface area contributed by atoms with Gasteiger partial charge in [0, 0.05) is 26.3 Å². The summed E-state index contributed by atoms with van der Waals surface area (Å²) >= 11 is 0. The molecule has 9 heteroatoms. The quantitative estimate of drug-likeness (QED) is 0.405. The van der Waals surface area contributed by atoms with E-state index in [9.17, 15) is 19.2 Å². The van der Waals surface area contributed by atoms with Crippen LogP contribution in [0.2, 0.25) is 0 Å². The van der Waals surface area contributed by atoms with Gasteiger partial charge in [0.2, 0.25) is 12.4 Å². The van der Waals surface area contributed by atoms with E-state index >= 15 is 0 Å². The van der Waals surface area contributed by atoms with Crippen LogP contribution >= 0.6 is 0 Å². The number of esters is 3. The van der Waals surface area contributed by atoms with E-state index in [-0.39, 0.29) is 6.61 Å². The Morgan fingerprint density at radius 2 is 1.48 bits per heavy atom. The van der Waals surface area contributed by atoms with Crippen molar-refractivity contribution in [3.8, 4) is 5.75 Å². The third-order valence-corrected chi connectivity index (χ3v) is 3.57. The van der Waals surface area contributed by atoms with Crippen LogP contribution in [-0.4, -0.2) is 55.4 Å². The highest BCUT2D eigenvalue weighted by atomic mass is 16.7. The highest BCUT2D eigenvalue weighted by Gasteiger charge is 2.48. The summed E-state index contributed by atoms with van der Waals surface area (Å²) < 4.78 is 26.8. The first-order valence-electron chi connectivity index (χ1n) is 8.15. The zero-order valence-electron chi connectivity index (χ0n) is 15.1. The van der Waals surface area contributed by atoms with Crippen molar-refractivity contribution in [2.45, 2.75) is 45.4 Å². The molecule has 2 rings (SSSR count). The van der Waals surface area contributed by atoms with Gasteiger partial charge in [-0.25, -0.2) is 0 Å². The number of benzene rings is 1. The highest BCUT2D eigenvalue weighted by molar-refractivity contribution is 5.74. The van der Waals surface area contributed by atoms with Crippen LogP contribution in [0.4, 0.5) is 0 Å². The summed E-state index contributed by atoms with van der Waals surface area (Å²) in [6.07, 6.45) is -3.68. The zero-order chi connectivity index (χ0) is 20.0. The molecule has 4 atom stereocenters. The fraction of sp³-hybridized carbons (Fsp3) is 0.444. The summed E-state index contributed by atoms with van der Waals surface area (Å²) in [5.74, 6) is -1.57. The van der Waals surface area contributed by atoms with Crippen molar-refractivity contribution in [3.63, 3.8) is 0 Å². The van der Waals surface area contributed by atoms with Gasteiger partial charge >= 0.3 is 17.9 Å². The number of rotatable bonds is 6. The van der Waals surface area contributed by atoms with Crippen molar-refractivity contribution in [1.29, 1.82) is 0 Å². The predicted octanol–water partition coefficient (Wildman–Crippen LogP) is 1.03. The van der Waals surface area contributed by atoms with E-state index in [0.29, 0.717) is 17.6 Å². The van der Waals surface area contributed by atoms with Gasteiger partial charge in [0.15, 0.2) is 12.2 Å². The molecule has 1 aliphatic heterocycles. The monoisotopic (exact) mass is 380 g/mol. The van der Waals surface area contributed by atoms with Gasteiger partial charge in [0.25, 0.3) is 0 Å². The van der Waals surface area contributed by atoms with Crippen LogP contribution < -0.4 is 4.74 Å². The number of hydrogen-bond acceptors (Lipinski definition) is 9. The Hall–Kier alpha value is -2.94. The van der Waals surface area contributed by atoms with Crippen molar-refractivity contribution < 1.29 is 42.9 Å². The molecule has 0 saturated carbocycles. The number of ether oxygens (including phenoxy) is 5. The van der Waals surface area contributed by atoms with Crippen LogP contribution in [0.5, 0.6) is 5.75 Å². The van der Waals surface area contributed by atoms with Crippen molar-refractivity contribution in [1.82, 2.24) is 0 Å². The Bertz CT molecular complexity index is 697. The lowest BCUT2D eigenvalue weighted by Gasteiger charge is -2.40. The van der Waals surface area contributed by atoms with Gasteiger partial charge in [-0.05, 0) is 24.3 Å². The van der Waals surface area contributed by atoms with Crippen LogP contribution in [-0.2, 0) is 33.3 Å². The topological polar surface area (TPSA) is 114 Å². The average molecular weight is 380 g/mol. The van der Waals surface area contributed by atoms with E-state index in [1.54, 1.807) is 0 Å². The van der Waals surface area contributed by atoms with Crippen LogP contribution in [0, 0.1) is 0 Å². The normalized spacial score (nSPS) is 24.4. The summed E-state index contributed by atoms with van der Waals surface area (Å²) in [6, 6.07) is 6.16. The highest BCUT2D eigenvalue weighted by Crippen LogP contribution is 2.27. The van der Waals surface area contributed by atoms with Crippen LogP contribution in [0.15, 0.2) is 24.3 Å². The lowest BCUT2D eigenvalue weighted by molar-refractivity contribution is -0.259. The van der Waals surface area contributed by atoms with Gasteiger partial charge in [-0.2, -0.15) is 0 Å². The van der Waals surface area contributed by atoms with Crippen molar-refractivity contribution in [3.05, 3.63) is 29.8 Å². The second kappa shape index (κ2) is 9.13. The maximum atomic E-state index is 11.5. The molecule has 1 aliphatic rings. The summed E-state index contributed by atoms with van der Waals surface area (Å²) in [4.78, 5) is 45.1. The first-order valence-corrected chi connectivity index (χ1v) is 8.15. The molecule has 27 heavy (non-hydrogen) atoms. The third kappa shape index (κ3) is 5.78. The van der Waals surface area contributed by atoms with E-state index in [1.165, 1.54) is 45.0 Å². The minimum Gasteiger partial charge on any atom is -0.461 e. The molecule has 0 aliphatic carbocycles. The number of carbonyl (C=O) groups excluding carboxylic acids is 4. The Labute approximate surface area is 155 Å². The van der Waals surface area contributed by atoms with E-state index in [0.717, 1.165) is 0 Å². The lowest BCUT2D eigenvalue weighted by atomic mass is 10.0. The van der Waals surface area contributed by atoms with Crippen molar-refractivity contribution >= 4 is 24.2 Å². The maximum absolute atomic E-state index is 11.5. The SMILES string of the molecule is CC(=O)O[C@@H]1[C@H](Oc2ccc(C=O)cc2)OC[C@@H](OC(C)=O)[C@H]1OC(C)=O. The first-order chi connectivity index (χ1) is 12.8. The molecule has 1 aromatic rings. The summed E-state index contributed by atoms with van der Waals surface area (Å²) in [5, 5.41) is 0. The van der Waals surface area contributed by atoms with Crippen LogP contribution in [0.3, 0.4) is 0 Å². The van der Waals surface area contributed by atoms with Crippen LogP contribution in [0.25, 0.3) is 0 Å². The standard InChI is InChI=1S/C18H20O9/c1-10(20)24-15-9-23-18(27-14-6-4-13(8-19)5-7-14)17(26-12(3)22)16(15)25-11(2)21/h4-8,15-18H,9H2,1-3H3/t15-,16-,17+,18+/m1/s1. The first kappa shape index (κ1) is 20.4. The molecule has 0 spiro atoms.